The third kappa shape index (κ3) is 4.58. The SMILES string of the molecule is CCOC(=O)N1CC[NH+]([C@@H](C)C(=O)Nc2ccc(F)cc2Cl)CC1. The van der Waals surface area contributed by atoms with Gasteiger partial charge < -0.3 is 15.0 Å². The Morgan fingerprint density at radius 1 is 1.42 bits per heavy atom. The third-order valence-corrected chi connectivity index (χ3v) is 4.44. The molecule has 0 radical (unpaired) electrons. The van der Waals surface area contributed by atoms with Crippen LogP contribution in [0.1, 0.15) is 13.8 Å². The van der Waals surface area contributed by atoms with Crippen LogP contribution in [0.5, 0.6) is 0 Å². The number of halogens is 2. The van der Waals surface area contributed by atoms with Gasteiger partial charge in [0.1, 0.15) is 5.82 Å². The van der Waals surface area contributed by atoms with Gasteiger partial charge in [0.25, 0.3) is 5.91 Å². The molecule has 2 amide bonds. The molecule has 1 fully saturated rings. The van der Waals surface area contributed by atoms with Crippen molar-refractivity contribution < 1.29 is 23.6 Å². The van der Waals surface area contributed by atoms with Crippen molar-refractivity contribution in [1.82, 2.24) is 4.90 Å². The van der Waals surface area contributed by atoms with E-state index in [1.807, 2.05) is 6.92 Å². The van der Waals surface area contributed by atoms with Gasteiger partial charge in [-0.15, -0.1) is 0 Å². The van der Waals surface area contributed by atoms with Crippen molar-refractivity contribution in [2.75, 3.05) is 38.1 Å². The number of ether oxygens (including phenoxy) is 1. The lowest BCUT2D eigenvalue weighted by molar-refractivity contribution is -0.917. The molecule has 0 bridgehead atoms. The normalized spacial score (nSPS) is 16.6. The molecule has 0 unspecified atom stereocenters. The van der Waals surface area contributed by atoms with Crippen molar-refractivity contribution in [3.8, 4) is 0 Å². The molecule has 2 rings (SSSR count). The highest BCUT2D eigenvalue weighted by molar-refractivity contribution is 6.33. The molecule has 1 aliphatic rings. The summed E-state index contributed by atoms with van der Waals surface area (Å²) in [5.41, 5.74) is 0.388. The van der Waals surface area contributed by atoms with Crippen LogP contribution in [0.2, 0.25) is 5.02 Å². The summed E-state index contributed by atoms with van der Waals surface area (Å²) in [6, 6.07) is 3.54. The van der Waals surface area contributed by atoms with Crippen LogP contribution in [0, 0.1) is 5.82 Å². The van der Waals surface area contributed by atoms with Crippen LogP contribution >= 0.6 is 11.6 Å². The number of amides is 2. The fraction of sp³-hybridized carbons (Fsp3) is 0.500. The maximum Gasteiger partial charge on any atom is 0.410 e. The molecule has 8 heteroatoms. The minimum absolute atomic E-state index is 0.165. The highest BCUT2D eigenvalue weighted by Gasteiger charge is 2.31. The van der Waals surface area contributed by atoms with Gasteiger partial charge in [-0.05, 0) is 32.0 Å². The number of benzene rings is 1. The quantitative estimate of drug-likeness (QED) is 0.849. The summed E-state index contributed by atoms with van der Waals surface area (Å²) in [4.78, 5) is 26.8. The molecule has 1 saturated heterocycles. The van der Waals surface area contributed by atoms with E-state index in [1.54, 1.807) is 11.8 Å². The van der Waals surface area contributed by atoms with E-state index in [-0.39, 0.29) is 23.1 Å². The van der Waals surface area contributed by atoms with Crippen LogP contribution < -0.4 is 10.2 Å². The Balaban J connectivity index is 1.89. The van der Waals surface area contributed by atoms with Crippen molar-refractivity contribution in [3.63, 3.8) is 0 Å². The summed E-state index contributed by atoms with van der Waals surface area (Å²) >= 11 is 5.93. The van der Waals surface area contributed by atoms with E-state index in [0.717, 1.165) is 11.0 Å². The molecule has 1 atom stereocenters. The van der Waals surface area contributed by atoms with Crippen molar-refractivity contribution in [1.29, 1.82) is 0 Å². The number of piperazine rings is 1. The predicted molar refractivity (Wildman–Crippen MR) is 88.8 cm³/mol. The molecule has 2 N–H and O–H groups in total. The van der Waals surface area contributed by atoms with Crippen molar-refractivity contribution in [3.05, 3.63) is 29.0 Å². The van der Waals surface area contributed by atoms with Crippen molar-refractivity contribution in [2.45, 2.75) is 19.9 Å². The van der Waals surface area contributed by atoms with Crippen LogP contribution in [0.3, 0.4) is 0 Å². The number of quaternary nitrogens is 1. The van der Waals surface area contributed by atoms with Crippen LogP contribution in [-0.2, 0) is 9.53 Å². The molecule has 132 valence electrons. The lowest BCUT2D eigenvalue weighted by Crippen LogP contribution is -3.19. The van der Waals surface area contributed by atoms with E-state index in [9.17, 15) is 14.0 Å². The van der Waals surface area contributed by atoms with Crippen LogP contribution in [0.4, 0.5) is 14.9 Å². The van der Waals surface area contributed by atoms with Gasteiger partial charge in [-0.2, -0.15) is 0 Å². The average molecular weight is 359 g/mol. The topological polar surface area (TPSA) is 63.1 Å². The Morgan fingerprint density at radius 2 is 2.08 bits per heavy atom. The second-order valence-corrected chi connectivity index (χ2v) is 6.09. The fourth-order valence-electron chi connectivity index (χ4n) is 2.64. The molecule has 24 heavy (non-hydrogen) atoms. The summed E-state index contributed by atoms with van der Waals surface area (Å²) in [6.07, 6.45) is -0.313. The summed E-state index contributed by atoms with van der Waals surface area (Å²) in [7, 11) is 0. The number of carbonyl (C=O) groups excluding carboxylic acids is 2. The van der Waals surface area contributed by atoms with E-state index in [4.69, 9.17) is 16.3 Å². The van der Waals surface area contributed by atoms with Gasteiger partial charge in [-0.25, -0.2) is 9.18 Å². The first kappa shape index (κ1) is 18.5. The monoisotopic (exact) mass is 358 g/mol. The molecule has 1 aliphatic heterocycles. The summed E-state index contributed by atoms with van der Waals surface area (Å²) in [5.74, 6) is -0.644. The molecular formula is C16H22ClFN3O3+. The lowest BCUT2D eigenvalue weighted by atomic mass is 10.2. The Bertz CT molecular complexity index is 606. The van der Waals surface area contributed by atoms with Gasteiger partial charge in [0.15, 0.2) is 6.04 Å². The van der Waals surface area contributed by atoms with Crippen molar-refractivity contribution >= 4 is 29.3 Å². The van der Waals surface area contributed by atoms with Gasteiger partial charge >= 0.3 is 6.09 Å². The molecule has 0 aromatic heterocycles. The lowest BCUT2D eigenvalue weighted by Gasteiger charge is -2.34. The number of nitrogens with one attached hydrogen (secondary N) is 2. The summed E-state index contributed by atoms with van der Waals surface area (Å²) < 4.78 is 18.0. The Labute approximate surface area is 145 Å². The molecule has 0 aliphatic carbocycles. The van der Waals surface area contributed by atoms with Gasteiger partial charge in [-0.3, -0.25) is 9.69 Å². The number of nitrogens with zero attached hydrogens (tertiary/aromatic N) is 1. The maximum atomic E-state index is 13.0. The zero-order valence-corrected chi connectivity index (χ0v) is 14.5. The standard InChI is InChI=1S/C16H21ClFN3O3/c1-3-24-16(23)21-8-6-20(7-9-21)11(2)15(22)19-14-5-4-12(18)10-13(14)17/h4-5,10-11H,3,6-9H2,1-2H3,(H,19,22)/p+1/t11-/m0/s1. The van der Waals surface area contributed by atoms with E-state index in [1.165, 1.54) is 12.1 Å². The molecule has 1 heterocycles. The first-order valence-electron chi connectivity index (χ1n) is 7.94. The van der Waals surface area contributed by atoms with Crippen molar-refractivity contribution in [2.24, 2.45) is 0 Å². The van der Waals surface area contributed by atoms with Gasteiger partial charge in [0.05, 0.1) is 43.5 Å². The van der Waals surface area contributed by atoms with E-state index < -0.39 is 5.82 Å². The molecule has 0 saturated carbocycles. The first-order valence-corrected chi connectivity index (χ1v) is 8.32. The van der Waals surface area contributed by atoms with Gasteiger partial charge in [-0.1, -0.05) is 11.6 Å². The smallest absolute Gasteiger partial charge is 0.410 e. The van der Waals surface area contributed by atoms with E-state index in [2.05, 4.69) is 5.32 Å². The number of anilines is 1. The van der Waals surface area contributed by atoms with Gasteiger partial charge in [0, 0.05) is 0 Å². The van der Waals surface area contributed by atoms with Crippen LogP contribution in [0.15, 0.2) is 18.2 Å². The van der Waals surface area contributed by atoms with Crippen LogP contribution in [0.25, 0.3) is 0 Å². The molecule has 0 spiro atoms. The number of hydrogen-bond donors (Lipinski definition) is 2. The highest BCUT2D eigenvalue weighted by atomic mass is 35.5. The minimum atomic E-state index is -0.452. The molecule has 6 nitrogen and oxygen atoms in total. The summed E-state index contributed by atoms with van der Waals surface area (Å²) in [6.45, 7) is 6.35. The van der Waals surface area contributed by atoms with E-state index >= 15 is 0 Å². The predicted octanol–water partition coefficient (Wildman–Crippen LogP) is 1.16. The fourth-order valence-corrected chi connectivity index (χ4v) is 2.86. The number of hydrogen-bond acceptors (Lipinski definition) is 3. The molecular weight excluding hydrogens is 337 g/mol. The zero-order valence-electron chi connectivity index (χ0n) is 13.8. The first-order chi connectivity index (χ1) is 11.4. The Hall–Kier alpha value is -1.86. The Morgan fingerprint density at radius 3 is 2.67 bits per heavy atom. The highest BCUT2D eigenvalue weighted by Crippen LogP contribution is 2.22. The third-order valence-electron chi connectivity index (χ3n) is 4.13. The Kier molecular flexibility index (Phi) is 6.39. The summed E-state index contributed by atoms with van der Waals surface area (Å²) in [5, 5.41) is 2.89. The average Bonchev–Trinajstić information content (AvgIpc) is 2.57. The van der Waals surface area contributed by atoms with Gasteiger partial charge in [0.2, 0.25) is 0 Å². The zero-order chi connectivity index (χ0) is 17.7. The molecule has 1 aromatic rings. The minimum Gasteiger partial charge on any atom is -0.450 e. The second-order valence-electron chi connectivity index (χ2n) is 5.68. The second kappa shape index (κ2) is 8.30. The van der Waals surface area contributed by atoms with E-state index in [0.29, 0.717) is 38.5 Å². The number of carbonyl (C=O) groups is 2. The maximum absolute atomic E-state index is 13.0. The largest absolute Gasteiger partial charge is 0.450 e. The molecule has 1 aromatic carbocycles. The number of rotatable bonds is 4. The van der Waals surface area contributed by atoms with Crippen LogP contribution in [-0.4, -0.2) is 55.7 Å².